The molecule has 1 heterocycles. The molecule has 0 aromatic rings. The first-order valence-electron chi connectivity index (χ1n) is 13.1. The van der Waals surface area contributed by atoms with Gasteiger partial charge in [0.15, 0.2) is 0 Å². The van der Waals surface area contributed by atoms with E-state index >= 15 is 0 Å². The van der Waals surface area contributed by atoms with Crippen LogP contribution in [0.1, 0.15) is 72.6 Å². The highest BCUT2D eigenvalue weighted by Gasteiger charge is 2.33. The third kappa shape index (κ3) is 11.4. The lowest BCUT2D eigenvalue weighted by molar-refractivity contribution is -0.146. The van der Waals surface area contributed by atoms with Gasteiger partial charge in [-0.3, -0.25) is 24.0 Å². The van der Waals surface area contributed by atoms with Crippen molar-refractivity contribution in [3.05, 3.63) is 0 Å². The van der Waals surface area contributed by atoms with Crippen LogP contribution in [0.4, 0.5) is 0 Å². The van der Waals surface area contributed by atoms with Crippen LogP contribution in [0.2, 0.25) is 0 Å². The molecule has 11 nitrogen and oxygen atoms in total. The van der Waals surface area contributed by atoms with Gasteiger partial charge < -0.3 is 30.9 Å². The van der Waals surface area contributed by atoms with Gasteiger partial charge >= 0.3 is 0 Å². The Morgan fingerprint density at radius 2 is 1.42 bits per heavy atom. The summed E-state index contributed by atoms with van der Waals surface area (Å²) < 4.78 is 6.13. The van der Waals surface area contributed by atoms with Crippen molar-refractivity contribution < 1.29 is 28.7 Å². The minimum absolute atomic E-state index is 0.203. The Hall–Kier alpha value is -2.69. The van der Waals surface area contributed by atoms with E-state index in [4.69, 9.17) is 4.74 Å². The van der Waals surface area contributed by atoms with Crippen LogP contribution in [0.25, 0.3) is 0 Å². The molecule has 36 heavy (non-hydrogen) atoms. The van der Waals surface area contributed by atoms with Gasteiger partial charge in [-0.2, -0.15) is 0 Å². The summed E-state index contributed by atoms with van der Waals surface area (Å²) in [5.41, 5.74) is 0. The summed E-state index contributed by atoms with van der Waals surface area (Å²) in [7, 11) is 1.60. The van der Waals surface area contributed by atoms with E-state index in [2.05, 4.69) is 28.2 Å². The minimum atomic E-state index is -0.734. The van der Waals surface area contributed by atoms with Crippen molar-refractivity contribution in [3.63, 3.8) is 0 Å². The Morgan fingerprint density at radius 1 is 0.806 bits per heavy atom. The van der Waals surface area contributed by atoms with Crippen molar-refractivity contribution in [3.8, 4) is 0 Å². The van der Waals surface area contributed by atoms with E-state index in [-0.39, 0.29) is 50.2 Å². The quantitative estimate of drug-likeness (QED) is 0.366. The molecule has 1 saturated heterocycles. The fourth-order valence-corrected chi connectivity index (χ4v) is 4.06. The largest absolute Gasteiger partial charge is 0.375 e. The number of ether oxygens (including phenoxy) is 1. The van der Waals surface area contributed by atoms with Crippen LogP contribution in [0.15, 0.2) is 0 Å². The average Bonchev–Trinajstić information content (AvgIpc) is 2.85. The van der Waals surface area contributed by atoms with E-state index in [0.717, 1.165) is 25.7 Å². The number of nitrogens with zero attached hydrogens (tertiary/aromatic N) is 1. The highest BCUT2D eigenvalue weighted by Crippen LogP contribution is 2.20. The maximum atomic E-state index is 13.4. The normalized spacial score (nSPS) is 26.1. The number of unbranched alkanes of at least 4 members (excludes halogenated alkanes) is 3. The van der Waals surface area contributed by atoms with E-state index in [1.165, 1.54) is 4.90 Å². The predicted octanol–water partition coefficient (Wildman–Crippen LogP) is 0.472. The lowest BCUT2D eigenvalue weighted by atomic mass is 9.96. The zero-order chi connectivity index (χ0) is 27.1. The van der Waals surface area contributed by atoms with Crippen LogP contribution in [0.3, 0.4) is 0 Å². The van der Waals surface area contributed by atoms with Gasteiger partial charge in [0.25, 0.3) is 0 Å². The van der Waals surface area contributed by atoms with Gasteiger partial charge in [-0.05, 0) is 19.8 Å². The van der Waals surface area contributed by atoms with E-state index in [1.54, 1.807) is 20.9 Å². The Bertz CT molecular complexity index is 746. The van der Waals surface area contributed by atoms with Gasteiger partial charge in [-0.1, -0.05) is 52.9 Å². The number of rotatable bonds is 7. The number of nitrogens with one attached hydrogen (secondary N) is 4. The summed E-state index contributed by atoms with van der Waals surface area (Å²) in [6, 6.07) is -1.07. The molecule has 0 radical (unpaired) electrons. The first kappa shape index (κ1) is 31.3. The highest BCUT2D eigenvalue weighted by atomic mass is 16.5. The second-order valence-electron chi connectivity index (χ2n) is 9.50. The van der Waals surface area contributed by atoms with E-state index < -0.39 is 29.7 Å². The fraction of sp³-hybridized carbons (Fsp3) is 0.800. The van der Waals surface area contributed by atoms with E-state index in [1.807, 2.05) is 6.92 Å². The summed E-state index contributed by atoms with van der Waals surface area (Å²) in [5, 5.41) is 10.2. The molecule has 5 amide bonds. The number of hydrogen-bond acceptors (Lipinski definition) is 6. The summed E-state index contributed by atoms with van der Waals surface area (Å²) >= 11 is 0. The van der Waals surface area contributed by atoms with Crippen molar-refractivity contribution in [2.45, 2.75) is 90.8 Å². The highest BCUT2D eigenvalue weighted by molar-refractivity contribution is 5.92. The Balaban J connectivity index is 3.09. The van der Waals surface area contributed by atoms with E-state index in [0.29, 0.717) is 19.3 Å². The SMILES string of the molecule is CCCCCCC1OCC(C)NC(=O)CNC(=O)CNC(=O)CNC(=O)C(CCC)N(C)C(=O)C1C. The van der Waals surface area contributed by atoms with Crippen LogP contribution >= 0.6 is 0 Å². The number of hydrogen-bond donors (Lipinski definition) is 4. The Morgan fingerprint density at radius 3 is 2.03 bits per heavy atom. The monoisotopic (exact) mass is 511 g/mol. The maximum absolute atomic E-state index is 13.4. The van der Waals surface area contributed by atoms with Gasteiger partial charge in [0.2, 0.25) is 29.5 Å². The molecular formula is C25H45N5O6. The molecule has 4 unspecified atom stereocenters. The molecular weight excluding hydrogens is 466 g/mol. The van der Waals surface area contributed by atoms with Crippen molar-refractivity contribution in [2.75, 3.05) is 33.3 Å². The molecule has 4 N–H and O–H groups in total. The average molecular weight is 512 g/mol. The molecule has 0 bridgehead atoms. The Kier molecular flexibility index (Phi) is 14.7. The maximum Gasteiger partial charge on any atom is 0.243 e. The lowest BCUT2D eigenvalue weighted by Gasteiger charge is -2.32. The number of amides is 5. The number of carbonyl (C=O) groups excluding carboxylic acids is 5. The molecule has 0 saturated carbocycles. The third-order valence-electron chi connectivity index (χ3n) is 6.25. The molecule has 0 spiro atoms. The van der Waals surface area contributed by atoms with Crippen molar-refractivity contribution >= 4 is 29.5 Å². The van der Waals surface area contributed by atoms with Crippen LogP contribution < -0.4 is 21.3 Å². The molecule has 1 aliphatic rings. The molecule has 11 heteroatoms. The van der Waals surface area contributed by atoms with Gasteiger partial charge in [0.1, 0.15) is 6.04 Å². The zero-order valence-electron chi connectivity index (χ0n) is 22.5. The van der Waals surface area contributed by atoms with Gasteiger partial charge in [0, 0.05) is 13.1 Å². The predicted molar refractivity (Wildman–Crippen MR) is 136 cm³/mol. The molecule has 0 aromatic heterocycles. The van der Waals surface area contributed by atoms with Crippen molar-refractivity contribution in [1.82, 2.24) is 26.2 Å². The summed E-state index contributed by atoms with van der Waals surface area (Å²) in [6.45, 7) is 6.95. The standard InChI is InChI=1S/C25H45N5O6/c1-6-8-9-10-12-20-18(4)25(35)30(5)19(11-7-2)24(34)28-14-22(32)26-13-21(31)27-15-23(33)29-17(3)16-36-20/h17-20H,6-16H2,1-5H3,(H,26,32)(H,27,31)(H,28,34)(H,29,33). The van der Waals surface area contributed by atoms with Gasteiger partial charge in [-0.15, -0.1) is 0 Å². The molecule has 4 atom stereocenters. The van der Waals surface area contributed by atoms with Crippen LogP contribution in [0, 0.1) is 5.92 Å². The lowest BCUT2D eigenvalue weighted by Crippen LogP contribution is -2.52. The minimum Gasteiger partial charge on any atom is -0.375 e. The van der Waals surface area contributed by atoms with Gasteiger partial charge in [0.05, 0.1) is 38.3 Å². The van der Waals surface area contributed by atoms with Gasteiger partial charge in [-0.25, -0.2) is 0 Å². The second-order valence-corrected chi connectivity index (χ2v) is 9.50. The van der Waals surface area contributed by atoms with Crippen LogP contribution in [-0.4, -0.2) is 85.9 Å². The summed E-state index contributed by atoms with van der Waals surface area (Å²) in [5.74, 6) is -2.60. The first-order chi connectivity index (χ1) is 17.1. The number of likely N-dealkylation sites (N-methyl/N-ethyl adjacent to an activating group) is 1. The molecule has 0 aliphatic carbocycles. The third-order valence-corrected chi connectivity index (χ3v) is 6.25. The first-order valence-corrected chi connectivity index (χ1v) is 13.1. The topological polar surface area (TPSA) is 146 Å². The zero-order valence-corrected chi connectivity index (χ0v) is 22.5. The molecule has 1 rings (SSSR count). The van der Waals surface area contributed by atoms with Crippen molar-refractivity contribution in [2.24, 2.45) is 5.92 Å². The molecule has 206 valence electrons. The van der Waals surface area contributed by atoms with Crippen LogP contribution in [-0.2, 0) is 28.7 Å². The smallest absolute Gasteiger partial charge is 0.243 e. The number of carbonyl (C=O) groups is 5. The summed E-state index contributed by atoms with van der Waals surface area (Å²) in [4.78, 5) is 64.0. The molecule has 1 fully saturated rings. The van der Waals surface area contributed by atoms with E-state index in [9.17, 15) is 24.0 Å². The second kappa shape index (κ2) is 16.9. The molecule has 1 aliphatic heterocycles. The fourth-order valence-electron chi connectivity index (χ4n) is 4.06. The van der Waals surface area contributed by atoms with Crippen LogP contribution in [0.5, 0.6) is 0 Å². The summed E-state index contributed by atoms with van der Waals surface area (Å²) in [6.07, 6.45) is 5.54. The Labute approximate surface area is 214 Å². The molecule has 0 aromatic carbocycles. The van der Waals surface area contributed by atoms with Crippen molar-refractivity contribution in [1.29, 1.82) is 0 Å².